The van der Waals surface area contributed by atoms with Crippen LogP contribution in [-0.2, 0) is 6.54 Å². The summed E-state index contributed by atoms with van der Waals surface area (Å²) in [6.45, 7) is 1.96. The maximum absolute atomic E-state index is 12.0. The number of furan rings is 1. The molecular weight excluding hydrogens is 268 g/mol. The summed E-state index contributed by atoms with van der Waals surface area (Å²) >= 11 is 0. The number of nitrogens with one attached hydrogen (secondary N) is 2. The van der Waals surface area contributed by atoms with Gasteiger partial charge in [0.25, 0.3) is 5.91 Å². The second-order valence-corrected chi connectivity index (χ2v) is 4.92. The standard InChI is InChI=1S/C15H20N4O2/c1-19(2)8-7-17-15(20)14-10-12(5-6-16-14)18-11-13-4-3-9-21-13/h3-6,9-10H,7-8,11H2,1-2H3,(H,16,18)(H,17,20). The minimum atomic E-state index is -0.168. The number of anilines is 1. The number of carbonyl (C=O) groups excluding carboxylic acids is 1. The Hall–Kier alpha value is -2.34. The molecule has 0 unspecified atom stereocenters. The van der Waals surface area contributed by atoms with Crippen LogP contribution in [0.4, 0.5) is 5.69 Å². The van der Waals surface area contributed by atoms with Gasteiger partial charge in [-0.3, -0.25) is 9.78 Å². The molecule has 6 nitrogen and oxygen atoms in total. The summed E-state index contributed by atoms with van der Waals surface area (Å²) in [4.78, 5) is 18.1. The summed E-state index contributed by atoms with van der Waals surface area (Å²) in [5.74, 6) is 0.669. The van der Waals surface area contributed by atoms with E-state index in [2.05, 4.69) is 15.6 Å². The summed E-state index contributed by atoms with van der Waals surface area (Å²) in [6, 6.07) is 7.28. The first-order chi connectivity index (χ1) is 10.1. The molecule has 0 spiro atoms. The quantitative estimate of drug-likeness (QED) is 0.809. The number of aromatic nitrogens is 1. The van der Waals surface area contributed by atoms with Crippen molar-refractivity contribution < 1.29 is 9.21 Å². The van der Waals surface area contributed by atoms with E-state index >= 15 is 0 Å². The molecule has 0 aliphatic heterocycles. The second kappa shape index (κ2) is 7.44. The molecule has 0 atom stereocenters. The largest absolute Gasteiger partial charge is 0.467 e. The first kappa shape index (κ1) is 15.1. The smallest absolute Gasteiger partial charge is 0.269 e. The number of amides is 1. The maximum atomic E-state index is 12.0. The van der Waals surface area contributed by atoms with Gasteiger partial charge in [0, 0.05) is 25.0 Å². The topological polar surface area (TPSA) is 70.4 Å². The molecule has 112 valence electrons. The Morgan fingerprint density at radius 2 is 2.24 bits per heavy atom. The fourth-order valence-electron chi connectivity index (χ4n) is 1.75. The van der Waals surface area contributed by atoms with Gasteiger partial charge in [-0.1, -0.05) is 0 Å². The van der Waals surface area contributed by atoms with Crippen LogP contribution in [0.5, 0.6) is 0 Å². The molecule has 2 aromatic heterocycles. The number of nitrogens with zero attached hydrogens (tertiary/aromatic N) is 2. The molecule has 0 aliphatic rings. The predicted molar refractivity (Wildman–Crippen MR) is 81.2 cm³/mol. The van der Waals surface area contributed by atoms with Crippen molar-refractivity contribution in [2.75, 3.05) is 32.5 Å². The van der Waals surface area contributed by atoms with Crippen LogP contribution in [0.25, 0.3) is 0 Å². The van der Waals surface area contributed by atoms with E-state index in [1.165, 1.54) is 0 Å². The molecule has 2 rings (SSSR count). The van der Waals surface area contributed by atoms with E-state index in [9.17, 15) is 4.79 Å². The number of hydrogen-bond acceptors (Lipinski definition) is 5. The van der Waals surface area contributed by atoms with Crippen molar-refractivity contribution in [3.05, 3.63) is 48.2 Å². The summed E-state index contributed by atoms with van der Waals surface area (Å²) in [6.07, 6.45) is 3.25. The third-order valence-electron chi connectivity index (χ3n) is 2.88. The van der Waals surface area contributed by atoms with Crippen LogP contribution in [-0.4, -0.2) is 43.0 Å². The van der Waals surface area contributed by atoms with Crippen LogP contribution in [0.2, 0.25) is 0 Å². The summed E-state index contributed by atoms with van der Waals surface area (Å²) in [7, 11) is 3.92. The van der Waals surface area contributed by atoms with E-state index in [1.54, 1.807) is 18.5 Å². The van der Waals surface area contributed by atoms with Crippen molar-refractivity contribution in [1.29, 1.82) is 0 Å². The molecule has 2 heterocycles. The van der Waals surface area contributed by atoms with Gasteiger partial charge in [0.15, 0.2) is 0 Å². The molecule has 21 heavy (non-hydrogen) atoms. The van der Waals surface area contributed by atoms with Crippen LogP contribution in [0.15, 0.2) is 41.1 Å². The molecule has 2 aromatic rings. The highest BCUT2D eigenvalue weighted by molar-refractivity contribution is 5.93. The Labute approximate surface area is 124 Å². The van der Waals surface area contributed by atoms with Gasteiger partial charge in [-0.25, -0.2) is 0 Å². The molecule has 2 N–H and O–H groups in total. The zero-order chi connectivity index (χ0) is 15.1. The third kappa shape index (κ3) is 4.92. The van der Waals surface area contributed by atoms with E-state index < -0.39 is 0 Å². The van der Waals surface area contributed by atoms with Crippen LogP contribution in [0, 0.1) is 0 Å². The lowest BCUT2D eigenvalue weighted by Gasteiger charge is -2.10. The Morgan fingerprint density at radius 3 is 2.95 bits per heavy atom. The number of likely N-dealkylation sites (N-methyl/N-ethyl adjacent to an activating group) is 1. The van der Waals surface area contributed by atoms with Gasteiger partial charge in [0.05, 0.1) is 12.8 Å². The Bertz CT molecular complexity index is 567. The third-order valence-corrected chi connectivity index (χ3v) is 2.88. The SMILES string of the molecule is CN(C)CCNC(=O)c1cc(NCc2ccco2)ccn1. The van der Waals surface area contributed by atoms with Crippen molar-refractivity contribution in [2.24, 2.45) is 0 Å². The highest BCUT2D eigenvalue weighted by atomic mass is 16.3. The van der Waals surface area contributed by atoms with Gasteiger partial charge in [-0.05, 0) is 38.4 Å². The summed E-state index contributed by atoms with van der Waals surface area (Å²) in [5, 5.41) is 6.03. The lowest BCUT2D eigenvalue weighted by molar-refractivity contribution is 0.0946. The van der Waals surface area contributed by atoms with Crippen molar-refractivity contribution in [2.45, 2.75) is 6.54 Å². The van der Waals surface area contributed by atoms with Crippen LogP contribution >= 0.6 is 0 Å². The van der Waals surface area contributed by atoms with Crippen LogP contribution in [0.3, 0.4) is 0 Å². The molecular formula is C15H20N4O2. The lowest BCUT2D eigenvalue weighted by Crippen LogP contribution is -2.31. The van der Waals surface area contributed by atoms with Crippen molar-refractivity contribution in [1.82, 2.24) is 15.2 Å². The highest BCUT2D eigenvalue weighted by Gasteiger charge is 2.07. The van der Waals surface area contributed by atoms with E-state index in [0.717, 1.165) is 18.0 Å². The number of carbonyl (C=O) groups is 1. The molecule has 0 saturated heterocycles. The van der Waals surface area contributed by atoms with Gasteiger partial charge in [-0.2, -0.15) is 0 Å². The Morgan fingerprint density at radius 1 is 1.38 bits per heavy atom. The first-order valence-corrected chi connectivity index (χ1v) is 6.80. The van der Waals surface area contributed by atoms with Crippen LogP contribution in [0.1, 0.15) is 16.2 Å². The molecule has 0 aromatic carbocycles. The predicted octanol–water partition coefficient (Wildman–Crippen LogP) is 1.58. The molecule has 0 bridgehead atoms. The zero-order valence-corrected chi connectivity index (χ0v) is 12.3. The molecule has 0 fully saturated rings. The Balaban J connectivity index is 1.89. The average molecular weight is 288 g/mol. The van der Waals surface area contributed by atoms with Crippen molar-refractivity contribution in [3.8, 4) is 0 Å². The minimum absolute atomic E-state index is 0.168. The van der Waals surface area contributed by atoms with Gasteiger partial charge >= 0.3 is 0 Å². The maximum Gasteiger partial charge on any atom is 0.269 e. The van der Waals surface area contributed by atoms with Crippen LogP contribution < -0.4 is 10.6 Å². The monoisotopic (exact) mass is 288 g/mol. The normalized spacial score (nSPS) is 10.6. The number of pyridine rings is 1. The minimum Gasteiger partial charge on any atom is -0.467 e. The Kier molecular flexibility index (Phi) is 5.34. The van der Waals surface area contributed by atoms with Crippen molar-refractivity contribution in [3.63, 3.8) is 0 Å². The zero-order valence-electron chi connectivity index (χ0n) is 12.3. The summed E-state index contributed by atoms with van der Waals surface area (Å²) < 4.78 is 5.25. The molecule has 0 radical (unpaired) electrons. The number of rotatable bonds is 7. The second-order valence-electron chi connectivity index (χ2n) is 4.92. The van der Waals surface area contributed by atoms with E-state index in [1.807, 2.05) is 37.2 Å². The van der Waals surface area contributed by atoms with E-state index in [-0.39, 0.29) is 5.91 Å². The molecule has 0 saturated carbocycles. The van der Waals surface area contributed by atoms with E-state index in [0.29, 0.717) is 18.8 Å². The molecule has 6 heteroatoms. The summed E-state index contributed by atoms with van der Waals surface area (Å²) in [5.41, 5.74) is 1.23. The fraction of sp³-hybridized carbons (Fsp3) is 0.333. The van der Waals surface area contributed by atoms with Crippen molar-refractivity contribution >= 4 is 11.6 Å². The van der Waals surface area contributed by atoms with Gasteiger partial charge in [0.1, 0.15) is 11.5 Å². The number of hydrogen-bond donors (Lipinski definition) is 2. The lowest BCUT2D eigenvalue weighted by atomic mass is 10.3. The molecule has 1 amide bonds. The van der Waals surface area contributed by atoms with Gasteiger partial charge in [-0.15, -0.1) is 0 Å². The first-order valence-electron chi connectivity index (χ1n) is 6.80. The fourth-order valence-corrected chi connectivity index (χ4v) is 1.75. The molecule has 0 aliphatic carbocycles. The van der Waals surface area contributed by atoms with E-state index in [4.69, 9.17) is 4.42 Å². The average Bonchev–Trinajstić information content (AvgIpc) is 2.98. The van der Waals surface area contributed by atoms with Gasteiger partial charge < -0.3 is 20.0 Å². The van der Waals surface area contributed by atoms with Gasteiger partial charge in [0.2, 0.25) is 0 Å². The highest BCUT2D eigenvalue weighted by Crippen LogP contribution is 2.10.